The van der Waals surface area contributed by atoms with Gasteiger partial charge in [-0.2, -0.15) is 5.10 Å². The molecule has 0 spiro atoms. The fourth-order valence-electron chi connectivity index (χ4n) is 3.71. The van der Waals surface area contributed by atoms with Crippen LogP contribution in [0.4, 0.5) is 0 Å². The van der Waals surface area contributed by atoms with Crippen LogP contribution in [0.25, 0.3) is 10.9 Å². The van der Waals surface area contributed by atoms with Crippen LogP contribution in [-0.2, 0) is 0 Å². The molecule has 2 aromatic heterocycles. The highest BCUT2D eigenvalue weighted by Gasteiger charge is 2.28. The summed E-state index contributed by atoms with van der Waals surface area (Å²) in [6.07, 6.45) is 3.50. The van der Waals surface area contributed by atoms with Gasteiger partial charge in [-0.1, -0.05) is 18.2 Å². The van der Waals surface area contributed by atoms with Gasteiger partial charge in [0.25, 0.3) is 11.5 Å². The summed E-state index contributed by atoms with van der Waals surface area (Å²) < 4.78 is 0. The molecule has 1 aliphatic rings. The Labute approximate surface area is 144 Å². The summed E-state index contributed by atoms with van der Waals surface area (Å²) in [6.45, 7) is 3.14. The number of fused-ring (bicyclic) bond motifs is 1. The van der Waals surface area contributed by atoms with Crippen molar-refractivity contribution in [3.05, 3.63) is 63.7 Å². The fourth-order valence-corrected chi connectivity index (χ4v) is 3.71. The highest BCUT2D eigenvalue weighted by atomic mass is 16.2. The van der Waals surface area contributed by atoms with Gasteiger partial charge in [0, 0.05) is 41.8 Å². The third-order valence-electron chi connectivity index (χ3n) is 5.14. The number of likely N-dealkylation sites (tertiary alicyclic amines) is 1. The Morgan fingerprint density at radius 3 is 2.68 bits per heavy atom. The van der Waals surface area contributed by atoms with Crippen molar-refractivity contribution in [3.8, 4) is 0 Å². The van der Waals surface area contributed by atoms with E-state index in [2.05, 4.69) is 15.2 Å². The molecule has 0 aliphatic carbocycles. The van der Waals surface area contributed by atoms with Gasteiger partial charge < -0.3 is 9.88 Å². The minimum Gasteiger partial charge on any atom is -0.338 e. The number of aryl methyl sites for hydroxylation is 1. The van der Waals surface area contributed by atoms with Gasteiger partial charge in [-0.05, 0) is 37.5 Å². The summed E-state index contributed by atoms with van der Waals surface area (Å²) in [5.74, 6) is 0.218. The Hall–Kier alpha value is -2.89. The number of aromatic nitrogens is 3. The van der Waals surface area contributed by atoms with E-state index in [4.69, 9.17) is 0 Å². The topological polar surface area (TPSA) is 81.8 Å². The maximum atomic E-state index is 13.0. The van der Waals surface area contributed by atoms with Crippen LogP contribution in [0.2, 0.25) is 0 Å². The van der Waals surface area contributed by atoms with Gasteiger partial charge >= 0.3 is 0 Å². The SMILES string of the molecule is Cc1c(C(=O)N2CCC(c3ccn[nH]3)CC2)c(=O)[nH]c2ccccc12. The molecule has 1 fully saturated rings. The van der Waals surface area contributed by atoms with E-state index in [1.807, 2.05) is 37.3 Å². The molecular formula is C19H20N4O2. The lowest BCUT2D eigenvalue weighted by molar-refractivity contribution is 0.0709. The van der Waals surface area contributed by atoms with Crippen LogP contribution in [-0.4, -0.2) is 39.1 Å². The first-order valence-electron chi connectivity index (χ1n) is 8.55. The van der Waals surface area contributed by atoms with Crippen LogP contribution < -0.4 is 5.56 Å². The molecule has 0 radical (unpaired) electrons. The first kappa shape index (κ1) is 15.6. The molecule has 0 bridgehead atoms. The number of nitrogens with one attached hydrogen (secondary N) is 2. The summed E-state index contributed by atoms with van der Waals surface area (Å²) in [5, 5.41) is 7.93. The predicted octanol–water partition coefficient (Wildman–Crippen LogP) is 2.58. The number of nitrogens with zero attached hydrogens (tertiary/aromatic N) is 2. The number of hydrogen-bond donors (Lipinski definition) is 2. The van der Waals surface area contributed by atoms with Crippen molar-refractivity contribution >= 4 is 16.8 Å². The van der Waals surface area contributed by atoms with Crippen molar-refractivity contribution in [2.75, 3.05) is 13.1 Å². The number of aromatic amines is 2. The van der Waals surface area contributed by atoms with E-state index < -0.39 is 0 Å². The van der Waals surface area contributed by atoms with Crippen LogP contribution in [0.1, 0.15) is 40.4 Å². The van der Waals surface area contributed by atoms with Gasteiger partial charge in [0.1, 0.15) is 5.56 Å². The molecule has 6 heteroatoms. The molecule has 6 nitrogen and oxygen atoms in total. The van der Waals surface area contributed by atoms with Gasteiger partial charge in [-0.15, -0.1) is 0 Å². The van der Waals surface area contributed by atoms with Crippen molar-refractivity contribution in [3.63, 3.8) is 0 Å². The van der Waals surface area contributed by atoms with Gasteiger partial charge in [0.15, 0.2) is 0 Å². The number of carbonyl (C=O) groups excluding carboxylic acids is 1. The number of carbonyl (C=O) groups is 1. The van der Waals surface area contributed by atoms with E-state index >= 15 is 0 Å². The average Bonchev–Trinajstić information content (AvgIpc) is 3.16. The number of pyridine rings is 1. The first-order valence-corrected chi connectivity index (χ1v) is 8.55. The second-order valence-electron chi connectivity index (χ2n) is 6.58. The van der Waals surface area contributed by atoms with Gasteiger partial charge in [0.05, 0.1) is 0 Å². The zero-order valence-corrected chi connectivity index (χ0v) is 14.1. The Morgan fingerprint density at radius 2 is 1.96 bits per heavy atom. The molecule has 4 rings (SSSR count). The van der Waals surface area contributed by atoms with Crippen molar-refractivity contribution in [2.45, 2.75) is 25.7 Å². The molecule has 0 saturated carbocycles. The summed E-state index contributed by atoms with van der Waals surface area (Å²) >= 11 is 0. The van der Waals surface area contributed by atoms with Crippen LogP contribution in [0.15, 0.2) is 41.3 Å². The largest absolute Gasteiger partial charge is 0.338 e. The molecule has 25 heavy (non-hydrogen) atoms. The predicted molar refractivity (Wildman–Crippen MR) is 95.8 cm³/mol. The van der Waals surface area contributed by atoms with Crippen LogP contribution >= 0.6 is 0 Å². The molecule has 1 aromatic carbocycles. The normalized spacial score (nSPS) is 15.6. The molecule has 0 unspecified atom stereocenters. The van der Waals surface area contributed by atoms with E-state index in [-0.39, 0.29) is 17.0 Å². The van der Waals surface area contributed by atoms with Crippen molar-refractivity contribution in [1.82, 2.24) is 20.1 Å². The molecule has 1 saturated heterocycles. The number of amides is 1. The lowest BCUT2D eigenvalue weighted by Crippen LogP contribution is -2.40. The third kappa shape index (κ3) is 2.73. The lowest BCUT2D eigenvalue weighted by Gasteiger charge is -2.31. The average molecular weight is 336 g/mol. The molecule has 1 aliphatic heterocycles. The molecule has 0 atom stereocenters. The Kier molecular flexibility index (Phi) is 3.87. The zero-order valence-electron chi connectivity index (χ0n) is 14.1. The quantitative estimate of drug-likeness (QED) is 0.754. The number of rotatable bonds is 2. The highest BCUT2D eigenvalue weighted by Crippen LogP contribution is 2.27. The summed E-state index contributed by atoms with van der Waals surface area (Å²) in [4.78, 5) is 30.1. The molecule has 2 N–H and O–H groups in total. The Bertz CT molecular complexity index is 967. The molecule has 128 valence electrons. The van der Waals surface area contributed by atoms with Crippen molar-refractivity contribution in [2.24, 2.45) is 0 Å². The Morgan fingerprint density at radius 1 is 1.20 bits per heavy atom. The molecule has 3 aromatic rings. The highest BCUT2D eigenvalue weighted by molar-refractivity contribution is 5.99. The Balaban J connectivity index is 1.60. The molecular weight excluding hydrogens is 316 g/mol. The van der Waals surface area contributed by atoms with Gasteiger partial charge in [-0.25, -0.2) is 0 Å². The molecule has 3 heterocycles. The minimum atomic E-state index is -0.308. The second kappa shape index (κ2) is 6.20. The lowest BCUT2D eigenvalue weighted by atomic mass is 9.93. The maximum absolute atomic E-state index is 13.0. The number of piperidine rings is 1. The molecule has 1 amide bonds. The first-order chi connectivity index (χ1) is 12.1. The zero-order chi connectivity index (χ0) is 17.4. The van der Waals surface area contributed by atoms with E-state index in [0.717, 1.165) is 35.0 Å². The van der Waals surface area contributed by atoms with Crippen molar-refractivity contribution < 1.29 is 4.79 Å². The number of benzene rings is 1. The number of H-pyrrole nitrogens is 2. The minimum absolute atomic E-state index is 0.174. The van der Waals surface area contributed by atoms with Gasteiger partial charge in [-0.3, -0.25) is 14.7 Å². The summed E-state index contributed by atoms with van der Waals surface area (Å²) in [6, 6.07) is 9.56. The third-order valence-corrected chi connectivity index (χ3v) is 5.14. The van der Waals surface area contributed by atoms with Crippen LogP contribution in [0, 0.1) is 6.92 Å². The van der Waals surface area contributed by atoms with Gasteiger partial charge in [0.2, 0.25) is 0 Å². The number of para-hydroxylation sites is 1. The monoisotopic (exact) mass is 336 g/mol. The van der Waals surface area contributed by atoms with Crippen LogP contribution in [0.3, 0.4) is 0 Å². The van der Waals surface area contributed by atoms with E-state index in [1.54, 1.807) is 11.1 Å². The second-order valence-corrected chi connectivity index (χ2v) is 6.58. The fraction of sp³-hybridized carbons (Fsp3) is 0.316. The van der Waals surface area contributed by atoms with Crippen LogP contribution in [0.5, 0.6) is 0 Å². The maximum Gasteiger partial charge on any atom is 0.261 e. The van der Waals surface area contributed by atoms with Crippen molar-refractivity contribution in [1.29, 1.82) is 0 Å². The van der Waals surface area contributed by atoms with E-state index in [0.29, 0.717) is 19.0 Å². The van der Waals surface area contributed by atoms with E-state index in [1.165, 1.54) is 0 Å². The summed E-state index contributed by atoms with van der Waals surface area (Å²) in [7, 11) is 0. The van der Waals surface area contributed by atoms with E-state index in [9.17, 15) is 9.59 Å². The smallest absolute Gasteiger partial charge is 0.261 e. The number of hydrogen-bond acceptors (Lipinski definition) is 3. The summed E-state index contributed by atoms with van der Waals surface area (Å²) in [5.41, 5.74) is 2.59. The standard InChI is InChI=1S/C19H20N4O2/c1-12-14-4-2-3-5-16(14)21-18(24)17(12)19(25)23-10-7-13(8-11-23)15-6-9-20-22-15/h2-6,9,13H,7-8,10-11H2,1H3,(H,20,22)(H,21,24).